The highest BCUT2D eigenvalue weighted by atomic mass is 19.1. The Hall–Kier alpha value is -3.66. The summed E-state index contributed by atoms with van der Waals surface area (Å²) in [7, 11) is 6.69. The van der Waals surface area contributed by atoms with E-state index < -0.39 is 5.82 Å². The normalized spacial score (nSPS) is 14.9. The molecule has 4 rings (SSSR count). The Morgan fingerprint density at radius 2 is 2.03 bits per heavy atom. The van der Waals surface area contributed by atoms with E-state index in [0.29, 0.717) is 24.7 Å². The van der Waals surface area contributed by atoms with Crippen LogP contribution in [0.2, 0.25) is 0 Å². The number of benzene rings is 1. The van der Waals surface area contributed by atoms with Gasteiger partial charge in [0.05, 0.1) is 38.0 Å². The third-order valence-corrected chi connectivity index (χ3v) is 5.20. The number of rotatable bonds is 8. The molecular formula is C22H26FN7O2. The van der Waals surface area contributed by atoms with E-state index in [-0.39, 0.29) is 17.6 Å². The van der Waals surface area contributed by atoms with Crippen LogP contribution in [-0.2, 0) is 7.05 Å². The minimum absolute atomic E-state index is 0.104. The van der Waals surface area contributed by atoms with E-state index >= 15 is 0 Å². The van der Waals surface area contributed by atoms with Crippen LogP contribution in [-0.4, -0.2) is 60.3 Å². The van der Waals surface area contributed by atoms with Crippen molar-refractivity contribution >= 4 is 17.6 Å². The molecule has 0 radical (unpaired) electrons. The van der Waals surface area contributed by atoms with Crippen LogP contribution in [0.15, 0.2) is 36.8 Å². The largest absolute Gasteiger partial charge is 0.497 e. The highest BCUT2D eigenvalue weighted by molar-refractivity contribution is 5.71. The Labute approximate surface area is 185 Å². The molecule has 1 atom stereocenters. The van der Waals surface area contributed by atoms with Gasteiger partial charge in [-0.2, -0.15) is 5.10 Å². The topological polar surface area (TPSA) is 89.4 Å². The molecule has 3 aromatic rings. The number of hydrogen-bond acceptors (Lipinski definition) is 8. The Balaban J connectivity index is 1.71. The van der Waals surface area contributed by atoms with E-state index in [1.165, 1.54) is 20.3 Å². The van der Waals surface area contributed by atoms with Gasteiger partial charge in [0.1, 0.15) is 17.6 Å². The molecule has 3 heterocycles. The van der Waals surface area contributed by atoms with Crippen LogP contribution in [0, 0.1) is 5.82 Å². The second kappa shape index (κ2) is 9.23. The first-order valence-corrected chi connectivity index (χ1v) is 10.2. The molecular weight excluding hydrogens is 413 g/mol. The summed E-state index contributed by atoms with van der Waals surface area (Å²) in [5, 5.41) is 10.6. The number of nitrogens with one attached hydrogen (secondary N) is 2. The van der Waals surface area contributed by atoms with Gasteiger partial charge in [0.2, 0.25) is 0 Å². The predicted octanol–water partition coefficient (Wildman–Crippen LogP) is 2.52. The quantitative estimate of drug-likeness (QED) is 0.554. The summed E-state index contributed by atoms with van der Waals surface area (Å²) in [5.74, 6) is 0.812. The van der Waals surface area contributed by atoms with Gasteiger partial charge in [0.15, 0.2) is 17.4 Å². The number of ether oxygens (including phenoxy) is 2. The van der Waals surface area contributed by atoms with E-state index in [1.807, 2.05) is 37.3 Å². The number of aromatic nitrogens is 4. The highest BCUT2D eigenvalue weighted by Crippen LogP contribution is 2.34. The molecule has 0 aliphatic carbocycles. The summed E-state index contributed by atoms with van der Waals surface area (Å²) in [6.45, 7) is 1.33. The van der Waals surface area contributed by atoms with E-state index in [9.17, 15) is 4.39 Å². The number of aryl methyl sites for hydroxylation is 1. The molecule has 0 saturated carbocycles. The molecule has 1 unspecified atom stereocenters. The summed E-state index contributed by atoms with van der Waals surface area (Å²) >= 11 is 0. The number of hydrogen-bond donors (Lipinski definition) is 2. The van der Waals surface area contributed by atoms with Crippen molar-refractivity contribution in [2.24, 2.45) is 7.05 Å². The summed E-state index contributed by atoms with van der Waals surface area (Å²) in [5.41, 5.74) is 2.61. The molecule has 32 heavy (non-hydrogen) atoms. The maximum Gasteiger partial charge on any atom is 0.188 e. The van der Waals surface area contributed by atoms with Crippen LogP contribution in [0.3, 0.4) is 0 Å². The fourth-order valence-corrected chi connectivity index (χ4v) is 3.53. The lowest BCUT2D eigenvalue weighted by Gasteiger charge is -2.35. The number of halogens is 1. The average molecular weight is 439 g/mol. The van der Waals surface area contributed by atoms with Gasteiger partial charge in [-0.25, -0.2) is 9.37 Å². The van der Waals surface area contributed by atoms with Crippen molar-refractivity contribution in [3.8, 4) is 22.8 Å². The first-order chi connectivity index (χ1) is 15.5. The molecule has 2 N–H and O–H groups in total. The molecule has 10 heteroatoms. The molecule has 1 aliphatic heterocycles. The molecule has 168 valence electrons. The van der Waals surface area contributed by atoms with Crippen LogP contribution < -0.4 is 25.0 Å². The molecule has 0 spiro atoms. The van der Waals surface area contributed by atoms with Crippen LogP contribution in [0.1, 0.15) is 5.69 Å². The number of methoxy groups -OCH3 is 2. The molecule has 0 saturated heterocycles. The van der Waals surface area contributed by atoms with E-state index in [2.05, 4.69) is 20.7 Å². The van der Waals surface area contributed by atoms with Crippen molar-refractivity contribution in [3.63, 3.8) is 0 Å². The van der Waals surface area contributed by atoms with Crippen LogP contribution in [0.5, 0.6) is 11.5 Å². The molecule has 1 aliphatic rings. The van der Waals surface area contributed by atoms with Gasteiger partial charge in [0.25, 0.3) is 0 Å². The highest BCUT2D eigenvalue weighted by Gasteiger charge is 2.26. The van der Waals surface area contributed by atoms with Gasteiger partial charge in [-0.1, -0.05) is 0 Å². The zero-order valence-corrected chi connectivity index (χ0v) is 18.5. The van der Waals surface area contributed by atoms with Crippen molar-refractivity contribution in [2.45, 2.75) is 6.17 Å². The van der Waals surface area contributed by atoms with Crippen LogP contribution in [0.25, 0.3) is 17.3 Å². The predicted molar refractivity (Wildman–Crippen MR) is 121 cm³/mol. The lowest BCUT2D eigenvalue weighted by molar-refractivity contribution is 0.374. The SMILES string of the molecule is CNCCN1c2nc(-c3cnn(C)c3)cnc2C=CC1Nc1cc(OC)cc(OC)c1F. The van der Waals surface area contributed by atoms with Gasteiger partial charge >= 0.3 is 0 Å². The molecule has 0 amide bonds. The lowest BCUT2D eigenvalue weighted by atomic mass is 10.1. The first-order valence-electron chi connectivity index (χ1n) is 10.2. The Bertz CT molecular complexity index is 1130. The average Bonchev–Trinajstić information content (AvgIpc) is 3.25. The zero-order valence-electron chi connectivity index (χ0n) is 18.5. The molecule has 0 bridgehead atoms. The molecule has 1 aromatic carbocycles. The first kappa shape index (κ1) is 21.6. The second-order valence-electron chi connectivity index (χ2n) is 7.30. The van der Waals surface area contributed by atoms with Gasteiger partial charge in [-0.05, 0) is 19.2 Å². The van der Waals surface area contributed by atoms with Gasteiger partial charge in [-0.3, -0.25) is 9.67 Å². The molecule has 2 aromatic heterocycles. The number of likely N-dealkylation sites (N-methyl/N-ethyl adjacent to an activating group) is 1. The minimum atomic E-state index is -0.490. The van der Waals surface area contributed by atoms with Gasteiger partial charge < -0.3 is 25.0 Å². The monoisotopic (exact) mass is 439 g/mol. The van der Waals surface area contributed by atoms with Crippen molar-refractivity contribution in [2.75, 3.05) is 44.6 Å². The van der Waals surface area contributed by atoms with Crippen molar-refractivity contribution in [1.29, 1.82) is 0 Å². The summed E-state index contributed by atoms with van der Waals surface area (Å²) in [6.07, 6.45) is 8.83. The van der Waals surface area contributed by atoms with Gasteiger partial charge in [0, 0.05) is 44.0 Å². The molecule has 9 nitrogen and oxygen atoms in total. The van der Waals surface area contributed by atoms with Crippen LogP contribution >= 0.6 is 0 Å². The van der Waals surface area contributed by atoms with Crippen molar-refractivity contribution in [1.82, 2.24) is 25.1 Å². The zero-order chi connectivity index (χ0) is 22.7. The Kier molecular flexibility index (Phi) is 6.22. The van der Waals surface area contributed by atoms with Gasteiger partial charge in [-0.15, -0.1) is 0 Å². The standard InChI is InChI=1S/C22H26FN7O2/c1-24-7-8-30-20(27-17-9-15(31-3)10-19(32-4)21(17)23)6-5-16-22(30)28-18(12-25-16)14-11-26-29(2)13-14/h5-6,9-13,20,24,27H,7-8H2,1-4H3. The summed E-state index contributed by atoms with van der Waals surface area (Å²) in [6, 6.07) is 3.12. The summed E-state index contributed by atoms with van der Waals surface area (Å²) in [4.78, 5) is 11.5. The third-order valence-electron chi connectivity index (χ3n) is 5.20. The lowest BCUT2D eigenvalue weighted by Crippen LogP contribution is -2.45. The second-order valence-corrected chi connectivity index (χ2v) is 7.30. The number of anilines is 2. The van der Waals surface area contributed by atoms with Crippen molar-refractivity contribution < 1.29 is 13.9 Å². The maximum absolute atomic E-state index is 15.0. The summed E-state index contributed by atoms with van der Waals surface area (Å²) < 4.78 is 27.2. The number of nitrogens with zero attached hydrogens (tertiary/aromatic N) is 5. The number of fused-ring (bicyclic) bond motifs is 1. The maximum atomic E-state index is 15.0. The van der Waals surface area contributed by atoms with Crippen LogP contribution in [0.4, 0.5) is 15.9 Å². The Morgan fingerprint density at radius 1 is 1.19 bits per heavy atom. The minimum Gasteiger partial charge on any atom is -0.497 e. The van der Waals surface area contributed by atoms with E-state index in [1.54, 1.807) is 23.1 Å². The smallest absolute Gasteiger partial charge is 0.188 e. The van der Waals surface area contributed by atoms with Crippen molar-refractivity contribution in [3.05, 3.63) is 48.3 Å². The van der Waals surface area contributed by atoms with E-state index in [0.717, 1.165) is 17.0 Å². The molecule has 0 fully saturated rings. The fraction of sp³-hybridized carbons (Fsp3) is 0.318. The van der Waals surface area contributed by atoms with E-state index in [4.69, 9.17) is 14.5 Å². The Morgan fingerprint density at radius 3 is 2.72 bits per heavy atom. The third kappa shape index (κ3) is 4.22. The fourth-order valence-electron chi connectivity index (χ4n) is 3.53.